The van der Waals surface area contributed by atoms with E-state index < -0.39 is 5.82 Å². The predicted molar refractivity (Wildman–Crippen MR) is 74.4 cm³/mol. The Hall–Kier alpha value is -1.20. The smallest absolute Gasteiger partial charge is 0.142 e. The van der Waals surface area contributed by atoms with Gasteiger partial charge in [0.25, 0.3) is 0 Å². The summed E-state index contributed by atoms with van der Waals surface area (Å²) in [6.07, 6.45) is 2.12. The number of hydrogen-bond acceptors (Lipinski definition) is 3. The highest BCUT2D eigenvalue weighted by atomic mass is 35.5. The van der Waals surface area contributed by atoms with Gasteiger partial charge in [-0.1, -0.05) is 29.3 Å². The molecular formula is C13H12Cl2FN3. The van der Waals surface area contributed by atoms with Crippen molar-refractivity contribution in [1.82, 2.24) is 10.4 Å². The summed E-state index contributed by atoms with van der Waals surface area (Å²) in [6, 6.07) is 8.04. The summed E-state index contributed by atoms with van der Waals surface area (Å²) in [7, 11) is 0. The van der Waals surface area contributed by atoms with Gasteiger partial charge in [-0.3, -0.25) is 11.3 Å². The number of aromatic nitrogens is 1. The molecule has 100 valence electrons. The van der Waals surface area contributed by atoms with Gasteiger partial charge >= 0.3 is 0 Å². The van der Waals surface area contributed by atoms with E-state index >= 15 is 0 Å². The summed E-state index contributed by atoms with van der Waals surface area (Å²) in [4.78, 5) is 3.91. The highest BCUT2D eigenvalue weighted by molar-refractivity contribution is 6.30. The topological polar surface area (TPSA) is 50.9 Å². The van der Waals surface area contributed by atoms with E-state index in [9.17, 15) is 4.39 Å². The lowest BCUT2D eigenvalue weighted by molar-refractivity contribution is 0.548. The molecule has 0 aliphatic carbocycles. The Labute approximate surface area is 120 Å². The molecule has 0 fully saturated rings. The molecule has 2 aromatic rings. The number of halogens is 3. The maximum Gasteiger partial charge on any atom is 0.142 e. The molecule has 0 saturated heterocycles. The Morgan fingerprint density at radius 3 is 2.68 bits per heavy atom. The maximum atomic E-state index is 13.4. The zero-order valence-corrected chi connectivity index (χ0v) is 11.4. The molecule has 0 spiro atoms. The Morgan fingerprint density at radius 2 is 2.05 bits per heavy atom. The van der Waals surface area contributed by atoms with Crippen LogP contribution in [0.3, 0.4) is 0 Å². The fourth-order valence-corrected chi connectivity index (χ4v) is 2.11. The molecule has 1 heterocycles. The van der Waals surface area contributed by atoms with Gasteiger partial charge in [0.2, 0.25) is 0 Å². The number of rotatable bonds is 4. The maximum absolute atomic E-state index is 13.4. The van der Waals surface area contributed by atoms with Crippen molar-refractivity contribution in [2.45, 2.75) is 12.5 Å². The number of benzene rings is 1. The van der Waals surface area contributed by atoms with Crippen LogP contribution < -0.4 is 11.3 Å². The molecule has 2 rings (SSSR count). The van der Waals surface area contributed by atoms with Gasteiger partial charge in [-0.15, -0.1) is 0 Å². The molecule has 6 heteroatoms. The SMILES string of the molecule is NNC(Cc1ccc(Cl)c(F)c1)c1ccnc(Cl)c1. The molecule has 0 aliphatic heterocycles. The zero-order chi connectivity index (χ0) is 13.8. The van der Waals surface area contributed by atoms with Crippen LogP contribution in [0, 0.1) is 5.82 Å². The van der Waals surface area contributed by atoms with Crippen LogP contribution in [0.5, 0.6) is 0 Å². The Morgan fingerprint density at radius 1 is 1.26 bits per heavy atom. The summed E-state index contributed by atoms with van der Waals surface area (Å²) in [5.41, 5.74) is 4.36. The second-order valence-electron chi connectivity index (χ2n) is 4.08. The lowest BCUT2D eigenvalue weighted by Gasteiger charge is -2.16. The molecule has 3 N–H and O–H groups in total. The van der Waals surface area contributed by atoms with Gasteiger partial charge in [0.05, 0.1) is 11.1 Å². The Balaban J connectivity index is 2.21. The average Bonchev–Trinajstić information content (AvgIpc) is 2.40. The van der Waals surface area contributed by atoms with Crippen molar-refractivity contribution in [1.29, 1.82) is 0 Å². The number of nitrogens with zero attached hydrogens (tertiary/aromatic N) is 1. The zero-order valence-electron chi connectivity index (χ0n) is 9.91. The van der Waals surface area contributed by atoms with Crippen LogP contribution in [0.2, 0.25) is 10.2 Å². The van der Waals surface area contributed by atoms with Gasteiger partial charge in [0, 0.05) is 6.20 Å². The third kappa shape index (κ3) is 3.64. The number of hydrogen-bond donors (Lipinski definition) is 2. The monoisotopic (exact) mass is 299 g/mol. The summed E-state index contributed by atoms with van der Waals surface area (Å²) in [5.74, 6) is 5.10. The van der Waals surface area contributed by atoms with E-state index in [1.54, 1.807) is 18.3 Å². The lowest BCUT2D eigenvalue weighted by Crippen LogP contribution is -2.29. The van der Waals surface area contributed by atoms with Gasteiger partial charge < -0.3 is 0 Å². The summed E-state index contributed by atoms with van der Waals surface area (Å²) in [6.45, 7) is 0. The highest BCUT2D eigenvalue weighted by Crippen LogP contribution is 2.22. The van der Waals surface area contributed by atoms with E-state index in [1.807, 2.05) is 6.07 Å². The van der Waals surface area contributed by atoms with E-state index in [4.69, 9.17) is 29.0 Å². The van der Waals surface area contributed by atoms with Gasteiger partial charge in [-0.25, -0.2) is 9.37 Å². The van der Waals surface area contributed by atoms with Gasteiger partial charge in [0.15, 0.2) is 0 Å². The van der Waals surface area contributed by atoms with Crippen molar-refractivity contribution < 1.29 is 4.39 Å². The summed E-state index contributed by atoms with van der Waals surface area (Å²) in [5, 5.41) is 0.494. The lowest BCUT2D eigenvalue weighted by atomic mass is 10.0. The van der Waals surface area contributed by atoms with Crippen LogP contribution in [-0.4, -0.2) is 4.98 Å². The third-order valence-electron chi connectivity index (χ3n) is 2.78. The van der Waals surface area contributed by atoms with E-state index in [1.165, 1.54) is 12.1 Å². The van der Waals surface area contributed by atoms with Gasteiger partial charge in [-0.05, 0) is 41.8 Å². The molecule has 1 unspecified atom stereocenters. The first-order valence-corrected chi connectivity index (χ1v) is 6.37. The second-order valence-corrected chi connectivity index (χ2v) is 4.88. The van der Waals surface area contributed by atoms with Crippen LogP contribution in [0.1, 0.15) is 17.2 Å². The van der Waals surface area contributed by atoms with E-state index in [2.05, 4.69) is 10.4 Å². The largest absolute Gasteiger partial charge is 0.271 e. The fourth-order valence-electron chi connectivity index (χ4n) is 1.81. The van der Waals surface area contributed by atoms with Crippen LogP contribution in [0.15, 0.2) is 36.5 Å². The highest BCUT2D eigenvalue weighted by Gasteiger charge is 2.12. The Kier molecular flexibility index (Phi) is 4.71. The minimum Gasteiger partial charge on any atom is -0.271 e. The first-order valence-electron chi connectivity index (χ1n) is 5.61. The summed E-state index contributed by atoms with van der Waals surface area (Å²) < 4.78 is 13.4. The van der Waals surface area contributed by atoms with Crippen LogP contribution in [0.4, 0.5) is 4.39 Å². The van der Waals surface area contributed by atoms with Gasteiger partial charge in [-0.2, -0.15) is 0 Å². The van der Waals surface area contributed by atoms with Crippen LogP contribution >= 0.6 is 23.2 Å². The van der Waals surface area contributed by atoms with Gasteiger partial charge in [0.1, 0.15) is 11.0 Å². The molecule has 1 aromatic carbocycles. The van der Waals surface area contributed by atoms with Crippen molar-refractivity contribution in [3.63, 3.8) is 0 Å². The van der Waals surface area contributed by atoms with E-state index in [0.29, 0.717) is 11.6 Å². The molecule has 0 aliphatic rings. The minimum absolute atomic E-state index is 0.105. The Bertz CT molecular complexity index is 578. The standard InChI is InChI=1S/C13H12Cl2FN3/c14-10-2-1-8(5-11(10)16)6-12(19-17)9-3-4-18-13(15)7-9/h1-5,7,12,19H,6,17H2. The molecule has 0 radical (unpaired) electrons. The minimum atomic E-state index is -0.442. The molecule has 0 saturated carbocycles. The van der Waals surface area contributed by atoms with E-state index in [0.717, 1.165) is 11.1 Å². The van der Waals surface area contributed by atoms with E-state index in [-0.39, 0.29) is 11.1 Å². The molecule has 1 aromatic heterocycles. The molecule has 1 atom stereocenters. The van der Waals surface area contributed by atoms with Crippen molar-refractivity contribution >= 4 is 23.2 Å². The fraction of sp³-hybridized carbons (Fsp3) is 0.154. The third-order valence-corrected chi connectivity index (χ3v) is 3.29. The number of pyridine rings is 1. The normalized spacial score (nSPS) is 12.4. The van der Waals surface area contributed by atoms with Crippen molar-refractivity contribution in [3.8, 4) is 0 Å². The number of hydrazine groups is 1. The molecular weight excluding hydrogens is 288 g/mol. The number of nitrogens with one attached hydrogen (secondary N) is 1. The van der Waals surface area contributed by atoms with Crippen molar-refractivity contribution in [2.24, 2.45) is 5.84 Å². The quantitative estimate of drug-likeness (QED) is 0.517. The molecule has 0 bridgehead atoms. The van der Waals surface area contributed by atoms with Crippen LogP contribution in [-0.2, 0) is 6.42 Å². The van der Waals surface area contributed by atoms with Crippen LogP contribution in [0.25, 0.3) is 0 Å². The molecule has 3 nitrogen and oxygen atoms in total. The van der Waals surface area contributed by atoms with Crippen molar-refractivity contribution in [2.75, 3.05) is 0 Å². The summed E-state index contributed by atoms with van der Waals surface area (Å²) >= 11 is 11.5. The first-order chi connectivity index (χ1) is 9.10. The number of nitrogens with two attached hydrogens (primary N) is 1. The second kappa shape index (κ2) is 6.30. The molecule has 0 amide bonds. The van der Waals surface area contributed by atoms with Crippen molar-refractivity contribution in [3.05, 3.63) is 63.6 Å². The predicted octanol–water partition coefficient (Wildman–Crippen LogP) is 3.27. The molecule has 19 heavy (non-hydrogen) atoms. The average molecular weight is 300 g/mol. The first kappa shape index (κ1) is 14.2.